The van der Waals surface area contributed by atoms with Gasteiger partial charge in [-0.15, -0.1) is 0 Å². The molecule has 0 saturated carbocycles. The van der Waals surface area contributed by atoms with Gasteiger partial charge in [0.25, 0.3) is 0 Å². The number of thiocarbonyl (C=S) groups is 1. The van der Waals surface area contributed by atoms with E-state index in [1.54, 1.807) is 14.1 Å². The van der Waals surface area contributed by atoms with E-state index in [1.165, 1.54) is 0 Å². The Balaban J connectivity index is 3.47. The van der Waals surface area contributed by atoms with E-state index in [0.29, 0.717) is 4.99 Å². The van der Waals surface area contributed by atoms with E-state index < -0.39 is 0 Å². The highest BCUT2D eigenvalue weighted by Gasteiger charge is 1.99. The van der Waals surface area contributed by atoms with E-state index in [2.05, 4.69) is 10.6 Å². The highest BCUT2D eigenvalue weighted by Crippen LogP contribution is 1.79. The standard InChI is InChI=1S/C5H10N2OS/c1-6-4(8)3-5(9)7-2/h3H2,1-2H3,(H,6,8)(H,7,9). The molecule has 9 heavy (non-hydrogen) atoms. The molecule has 0 aromatic rings. The van der Waals surface area contributed by atoms with Crippen LogP contribution in [0.5, 0.6) is 0 Å². The quantitative estimate of drug-likeness (QED) is 0.524. The largest absolute Gasteiger partial charge is 0.382 e. The van der Waals surface area contributed by atoms with Gasteiger partial charge in [-0.2, -0.15) is 0 Å². The van der Waals surface area contributed by atoms with Crippen molar-refractivity contribution in [1.82, 2.24) is 10.6 Å². The molecular weight excluding hydrogens is 136 g/mol. The van der Waals surface area contributed by atoms with Crippen LogP contribution in [0.25, 0.3) is 0 Å². The summed E-state index contributed by atoms with van der Waals surface area (Å²) in [7, 11) is 3.28. The zero-order valence-electron chi connectivity index (χ0n) is 5.52. The highest BCUT2D eigenvalue weighted by molar-refractivity contribution is 7.80. The van der Waals surface area contributed by atoms with Crippen LogP contribution in [0.3, 0.4) is 0 Å². The molecule has 4 heteroatoms. The second-order valence-electron chi connectivity index (χ2n) is 1.52. The third kappa shape index (κ3) is 3.90. The molecule has 0 atom stereocenters. The minimum atomic E-state index is -0.0608. The van der Waals surface area contributed by atoms with E-state index >= 15 is 0 Å². The molecule has 0 rings (SSSR count). The minimum absolute atomic E-state index is 0.0608. The SMILES string of the molecule is CNC(=O)CC(=S)NC. The van der Waals surface area contributed by atoms with Gasteiger partial charge in [0.1, 0.15) is 0 Å². The first kappa shape index (κ1) is 8.36. The van der Waals surface area contributed by atoms with Gasteiger partial charge in [0.05, 0.1) is 11.4 Å². The van der Waals surface area contributed by atoms with Crippen LogP contribution >= 0.6 is 12.2 Å². The molecule has 0 spiro atoms. The van der Waals surface area contributed by atoms with E-state index in [1.807, 2.05) is 0 Å². The summed E-state index contributed by atoms with van der Waals surface area (Å²) in [6, 6.07) is 0. The van der Waals surface area contributed by atoms with Crippen molar-refractivity contribution in [3.63, 3.8) is 0 Å². The monoisotopic (exact) mass is 146 g/mol. The number of hydrogen-bond donors (Lipinski definition) is 2. The van der Waals surface area contributed by atoms with Gasteiger partial charge in [-0.05, 0) is 0 Å². The molecule has 0 radical (unpaired) electrons. The van der Waals surface area contributed by atoms with Crippen molar-refractivity contribution >= 4 is 23.1 Å². The molecule has 0 bridgehead atoms. The van der Waals surface area contributed by atoms with E-state index in [0.717, 1.165) is 0 Å². The van der Waals surface area contributed by atoms with Crippen molar-refractivity contribution in [2.24, 2.45) is 0 Å². The molecule has 0 heterocycles. The first-order chi connectivity index (χ1) is 4.20. The highest BCUT2D eigenvalue weighted by atomic mass is 32.1. The Morgan fingerprint density at radius 3 is 2.33 bits per heavy atom. The molecule has 52 valence electrons. The average Bonchev–Trinajstić information content (AvgIpc) is 1.87. The molecule has 0 aromatic heterocycles. The lowest BCUT2D eigenvalue weighted by Crippen LogP contribution is -2.26. The molecule has 1 amide bonds. The fraction of sp³-hybridized carbons (Fsp3) is 0.600. The summed E-state index contributed by atoms with van der Waals surface area (Å²) in [5.74, 6) is -0.0608. The maximum atomic E-state index is 10.5. The Kier molecular flexibility index (Phi) is 3.96. The summed E-state index contributed by atoms with van der Waals surface area (Å²) in [6.07, 6.45) is 0.280. The molecule has 0 aliphatic rings. The Labute approximate surface area is 59.8 Å². The van der Waals surface area contributed by atoms with Crippen molar-refractivity contribution in [2.45, 2.75) is 6.42 Å². The van der Waals surface area contributed by atoms with Gasteiger partial charge in [-0.25, -0.2) is 0 Å². The zero-order chi connectivity index (χ0) is 7.28. The van der Waals surface area contributed by atoms with Crippen LogP contribution in [0.2, 0.25) is 0 Å². The van der Waals surface area contributed by atoms with Gasteiger partial charge >= 0.3 is 0 Å². The van der Waals surface area contributed by atoms with E-state index in [9.17, 15) is 4.79 Å². The molecular formula is C5H10N2OS. The molecule has 0 fully saturated rings. The summed E-state index contributed by atoms with van der Waals surface area (Å²) in [5, 5.41) is 5.16. The van der Waals surface area contributed by atoms with Crippen LogP contribution in [-0.4, -0.2) is 25.0 Å². The van der Waals surface area contributed by atoms with Crippen LogP contribution in [0.1, 0.15) is 6.42 Å². The predicted octanol–water partition coefficient (Wildman–Crippen LogP) is -0.331. The Bertz CT molecular complexity index is 110. The van der Waals surface area contributed by atoms with Gasteiger partial charge < -0.3 is 10.6 Å². The summed E-state index contributed by atoms with van der Waals surface area (Å²) in [5.41, 5.74) is 0. The van der Waals surface area contributed by atoms with Gasteiger partial charge in [0.2, 0.25) is 5.91 Å². The second-order valence-corrected chi connectivity index (χ2v) is 2.02. The van der Waals surface area contributed by atoms with Crippen molar-refractivity contribution in [3.05, 3.63) is 0 Å². The van der Waals surface area contributed by atoms with Gasteiger partial charge in [0, 0.05) is 14.1 Å². The van der Waals surface area contributed by atoms with Crippen molar-refractivity contribution < 1.29 is 4.79 Å². The van der Waals surface area contributed by atoms with Gasteiger partial charge in [0.15, 0.2) is 0 Å². The maximum absolute atomic E-state index is 10.5. The smallest absolute Gasteiger partial charge is 0.226 e. The Morgan fingerprint density at radius 2 is 2.00 bits per heavy atom. The van der Waals surface area contributed by atoms with Crippen LogP contribution in [0.4, 0.5) is 0 Å². The number of rotatable bonds is 2. The molecule has 0 unspecified atom stereocenters. The third-order valence-electron chi connectivity index (χ3n) is 0.879. The average molecular weight is 146 g/mol. The Morgan fingerprint density at radius 1 is 1.44 bits per heavy atom. The maximum Gasteiger partial charge on any atom is 0.226 e. The summed E-state index contributed by atoms with van der Waals surface area (Å²) in [4.78, 5) is 11.1. The third-order valence-corrected chi connectivity index (χ3v) is 1.23. The lowest BCUT2D eigenvalue weighted by molar-refractivity contribution is -0.119. The van der Waals surface area contributed by atoms with Crippen molar-refractivity contribution in [3.8, 4) is 0 Å². The first-order valence-corrected chi connectivity index (χ1v) is 3.02. The summed E-state index contributed by atoms with van der Waals surface area (Å²) in [6.45, 7) is 0. The second kappa shape index (κ2) is 4.26. The fourth-order valence-corrected chi connectivity index (χ4v) is 0.454. The number of amides is 1. The number of hydrogen-bond acceptors (Lipinski definition) is 2. The minimum Gasteiger partial charge on any atom is -0.382 e. The normalized spacial score (nSPS) is 8.22. The van der Waals surface area contributed by atoms with E-state index in [-0.39, 0.29) is 12.3 Å². The number of carbonyl (C=O) groups is 1. The lowest BCUT2D eigenvalue weighted by Gasteiger charge is -1.99. The topological polar surface area (TPSA) is 41.1 Å². The first-order valence-electron chi connectivity index (χ1n) is 2.62. The summed E-state index contributed by atoms with van der Waals surface area (Å²) < 4.78 is 0. The molecule has 0 saturated heterocycles. The molecule has 3 nitrogen and oxygen atoms in total. The van der Waals surface area contributed by atoms with Gasteiger partial charge in [-0.1, -0.05) is 12.2 Å². The van der Waals surface area contributed by atoms with Gasteiger partial charge in [-0.3, -0.25) is 4.79 Å². The summed E-state index contributed by atoms with van der Waals surface area (Å²) >= 11 is 4.73. The fourth-order valence-electron chi connectivity index (χ4n) is 0.323. The predicted molar refractivity (Wildman–Crippen MR) is 40.3 cm³/mol. The van der Waals surface area contributed by atoms with Crippen molar-refractivity contribution in [1.29, 1.82) is 0 Å². The van der Waals surface area contributed by atoms with Crippen LogP contribution < -0.4 is 10.6 Å². The number of nitrogens with one attached hydrogen (secondary N) is 2. The van der Waals surface area contributed by atoms with Crippen molar-refractivity contribution in [2.75, 3.05) is 14.1 Å². The van der Waals surface area contributed by atoms with Crippen LogP contribution in [0.15, 0.2) is 0 Å². The van der Waals surface area contributed by atoms with E-state index in [4.69, 9.17) is 12.2 Å². The molecule has 0 aliphatic carbocycles. The number of carbonyl (C=O) groups excluding carboxylic acids is 1. The molecule has 0 aliphatic heterocycles. The van der Waals surface area contributed by atoms with Crippen LogP contribution in [0, 0.1) is 0 Å². The lowest BCUT2D eigenvalue weighted by atomic mass is 10.4. The molecule has 2 N–H and O–H groups in total. The molecule has 0 aromatic carbocycles. The zero-order valence-corrected chi connectivity index (χ0v) is 6.34. The van der Waals surface area contributed by atoms with Crippen LogP contribution in [-0.2, 0) is 4.79 Å². The Hall–Kier alpha value is -0.640.